The first-order chi connectivity index (χ1) is 9.60. The van der Waals surface area contributed by atoms with Crippen molar-refractivity contribution >= 4 is 0 Å². The van der Waals surface area contributed by atoms with E-state index >= 15 is 0 Å². The Hall–Kier alpha value is -2.14. The molecule has 0 spiro atoms. The fourth-order valence-corrected chi connectivity index (χ4v) is 1.77. The van der Waals surface area contributed by atoms with Crippen LogP contribution in [0.1, 0.15) is 11.6 Å². The summed E-state index contributed by atoms with van der Waals surface area (Å²) < 4.78 is 36.9. The Morgan fingerprint density at radius 1 is 1.10 bits per heavy atom. The summed E-state index contributed by atoms with van der Waals surface area (Å²) in [5.41, 5.74) is 6.06. The molecular formula is C15H15F2NO2. The van der Waals surface area contributed by atoms with Gasteiger partial charge < -0.3 is 15.2 Å². The zero-order valence-corrected chi connectivity index (χ0v) is 11.0. The number of halogens is 2. The highest BCUT2D eigenvalue weighted by Crippen LogP contribution is 2.21. The Morgan fingerprint density at radius 2 is 1.85 bits per heavy atom. The van der Waals surface area contributed by atoms with Gasteiger partial charge in [-0.2, -0.15) is 0 Å². The molecule has 0 amide bonds. The van der Waals surface area contributed by atoms with Gasteiger partial charge in [0, 0.05) is 17.7 Å². The Morgan fingerprint density at radius 3 is 2.55 bits per heavy atom. The van der Waals surface area contributed by atoms with Crippen molar-refractivity contribution in [3.63, 3.8) is 0 Å². The highest BCUT2D eigenvalue weighted by molar-refractivity contribution is 5.33. The minimum Gasteiger partial charge on any atom is -0.497 e. The normalized spacial score (nSPS) is 12.0. The molecule has 0 heterocycles. The molecule has 0 aliphatic heterocycles. The van der Waals surface area contributed by atoms with Crippen LogP contribution in [0.4, 0.5) is 8.78 Å². The molecule has 0 aliphatic carbocycles. The van der Waals surface area contributed by atoms with Crippen molar-refractivity contribution in [2.45, 2.75) is 6.04 Å². The van der Waals surface area contributed by atoms with Crippen LogP contribution in [0.5, 0.6) is 11.5 Å². The van der Waals surface area contributed by atoms with Gasteiger partial charge in [0.1, 0.15) is 29.7 Å². The lowest BCUT2D eigenvalue weighted by Crippen LogP contribution is -2.20. The van der Waals surface area contributed by atoms with E-state index in [4.69, 9.17) is 15.2 Å². The molecule has 2 aromatic carbocycles. The van der Waals surface area contributed by atoms with E-state index in [-0.39, 0.29) is 12.2 Å². The summed E-state index contributed by atoms with van der Waals surface area (Å²) >= 11 is 0. The largest absolute Gasteiger partial charge is 0.497 e. The van der Waals surface area contributed by atoms with Crippen molar-refractivity contribution in [1.82, 2.24) is 0 Å². The molecule has 0 bridgehead atoms. The van der Waals surface area contributed by atoms with Gasteiger partial charge in [0.05, 0.1) is 13.2 Å². The van der Waals surface area contributed by atoms with Gasteiger partial charge in [-0.1, -0.05) is 12.1 Å². The van der Waals surface area contributed by atoms with Gasteiger partial charge in [-0.05, 0) is 18.2 Å². The highest BCUT2D eigenvalue weighted by atomic mass is 19.1. The summed E-state index contributed by atoms with van der Waals surface area (Å²) in [5, 5.41) is 0. The van der Waals surface area contributed by atoms with Crippen LogP contribution >= 0.6 is 0 Å². The van der Waals surface area contributed by atoms with E-state index in [9.17, 15) is 8.78 Å². The third kappa shape index (κ3) is 3.45. The fraction of sp³-hybridized carbons (Fsp3) is 0.200. The Bertz CT molecular complexity index is 590. The third-order valence-corrected chi connectivity index (χ3v) is 2.83. The van der Waals surface area contributed by atoms with Gasteiger partial charge >= 0.3 is 0 Å². The number of hydrogen-bond donors (Lipinski definition) is 1. The summed E-state index contributed by atoms with van der Waals surface area (Å²) in [5.74, 6) is -0.0785. The number of methoxy groups -OCH3 is 1. The zero-order valence-electron chi connectivity index (χ0n) is 11.0. The summed E-state index contributed by atoms with van der Waals surface area (Å²) in [6.45, 7) is 0.0791. The minimum absolute atomic E-state index is 0.0791. The molecule has 0 radical (unpaired) electrons. The lowest BCUT2D eigenvalue weighted by molar-refractivity contribution is 0.286. The van der Waals surface area contributed by atoms with Crippen molar-refractivity contribution < 1.29 is 18.3 Å². The second-order valence-electron chi connectivity index (χ2n) is 4.26. The molecule has 1 atom stereocenters. The van der Waals surface area contributed by atoms with E-state index in [1.54, 1.807) is 31.4 Å². The first-order valence-corrected chi connectivity index (χ1v) is 6.07. The molecule has 106 valence electrons. The van der Waals surface area contributed by atoms with Crippen LogP contribution in [-0.4, -0.2) is 13.7 Å². The second kappa shape index (κ2) is 6.34. The number of nitrogens with two attached hydrogens (primary N) is 1. The number of hydrogen-bond acceptors (Lipinski definition) is 3. The van der Waals surface area contributed by atoms with Crippen molar-refractivity contribution in [2.75, 3.05) is 13.7 Å². The molecule has 20 heavy (non-hydrogen) atoms. The standard InChI is InChI=1S/C15H15F2NO2/c1-19-11-3-2-4-12(8-11)20-9-15(18)13-6-5-10(16)7-14(13)17/h2-8,15H,9,18H2,1H3. The van der Waals surface area contributed by atoms with E-state index in [1.165, 1.54) is 12.1 Å². The predicted octanol–water partition coefficient (Wildman–Crippen LogP) is 3.05. The quantitative estimate of drug-likeness (QED) is 0.915. The molecule has 2 N–H and O–H groups in total. The monoisotopic (exact) mass is 279 g/mol. The highest BCUT2D eigenvalue weighted by Gasteiger charge is 2.13. The van der Waals surface area contributed by atoms with Gasteiger partial charge in [-0.3, -0.25) is 0 Å². The second-order valence-corrected chi connectivity index (χ2v) is 4.26. The molecule has 1 unspecified atom stereocenters. The van der Waals surface area contributed by atoms with E-state index in [0.29, 0.717) is 11.5 Å². The smallest absolute Gasteiger partial charge is 0.131 e. The molecule has 0 aliphatic rings. The number of rotatable bonds is 5. The zero-order chi connectivity index (χ0) is 14.5. The predicted molar refractivity (Wildman–Crippen MR) is 71.8 cm³/mol. The molecule has 2 rings (SSSR count). The summed E-state index contributed by atoms with van der Waals surface area (Å²) in [4.78, 5) is 0. The van der Waals surface area contributed by atoms with E-state index in [1.807, 2.05) is 0 Å². The van der Waals surface area contributed by atoms with E-state index in [0.717, 1.165) is 6.07 Å². The molecule has 0 aromatic heterocycles. The molecule has 0 saturated heterocycles. The Balaban J connectivity index is 2.02. The average molecular weight is 279 g/mol. The minimum atomic E-state index is -0.679. The molecule has 2 aromatic rings. The van der Waals surface area contributed by atoms with Gasteiger partial charge in [-0.15, -0.1) is 0 Å². The van der Waals surface area contributed by atoms with Crippen LogP contribution in [0.3, 0.4) is 0 Å². The molecule has 3 nitrogen and oxygen atoms in total. The van der Waals surface area contributed by atoms with Crippen LogP contribution in [0, 0.1) is 11.6 Å². The fourth-order valence-electron chi connectivity index (χ4n) is 1.77. The maximum absolute atomic E-state index is 13.5. The van der Waals surface area contributed by atoms with E-state index in [2.05, 4.69) is 0 Å². The Kier molecular flexibility index (Phi) is 4.53. The van der Waals surface area contributed by atoms with Gasteiger partial charge in [0.25, 0.3) is 0 Å². The van der Waals surface area contributed by atoms with Gasteiger partial charge in [0.2, 0.25) is 0 Å². The van der Waals surface area contributed by atoms with Crippen LogP contribution in [-0.2, 0) is 0 Å². The maximum atomic E-state index is 13.5. The third-order valence-electron chi connectivity index (χ3n) is 2.83. The first kappa shape index (κ1) is 14.3. The SMILES string of the molecule is COc1cccc(OCC(N)c2ccc(F)cc2F)c1. The van der Waals surface area contributed by atoms with Crippen molar-refractivity contribution in [1.29, 1.82) is 0 Å². The van der Waals surface area contributed by atoms with Crippen molar-refractivity contribution in [3.8, 4) is 11.5 Å². The number of benzene rings is 2. The Labute approximate surface area is 115 Å². The van der Waals surface area contributed by atoms with E-state index < -0.39 is 17.7 Å². The molecule has 5 heteroatoms. The lowest BCUT2D eigenvalue weighted by Gasteiger charge is -2.14. The average Bonchev–Trinajstić information content (AvgIpc) is 2.45. The summed E-state index contributed by atoms with van der Waals surface area (Å²) in [7, 11) is 1.55. The summed E-state index contributed by atoms with van der Waals surface area (Å²) in [6, 6.07) is 9.63. The topological polar surface area (TPSA) is 44.5 Å². The van der Waals surface area contributed by atoms with Crippen LogP contribution in [0.15, 0.2) is 42.5 Å². The van der Waals surface area contributed by atoms with Crippen LogP contribution in [0.2, 0.25) is 0 Å². The maximum Gasteiger partial charge on any atom is 0.131 e. The lowest BCUT2D eigenvalue weighted by atomic mass is 10.1. The summed E-state index contributed by atoms with van der Waals surface area (Å²) in [6.07, 6.45) is 0. The number of ether oxygens (including phenoxy) is 2. The van der Waals surface area contributed by atoms with Crippen molar-refractivity contribution in [2.24, 2.45) is 5.73 Å². The van der Waals surface area contributed by atoms with Gasteiger partial charge in [0.15, 0.2) is 0 Å². The van der Waals surface area contributed by atoms with Crippen molar-refractivity contribution in [3.05, 3.63) is 59.7 Å². The van der Waals surface area contributed by atoms with Crippen LogP contribution in [0.25, 0.3) is 0 Å². The van der Waals surface area contributed by atoms with Crippen LogP contribution < -0.4 is 15.2 Å². The molecule has 0 fully saturated rings. The molecule has 0 saturated carbocycles. The van der Waals surface area contributed by atoms with Gasteiger partial charge in [-0.25, -0.2) is 8.78 Å². The first-order valence-electron chi connectivity index (χ1n) is 6.07. The molecular weight excluding hydrogens is 264 g/mol.